The summed E-state index contributed by atoms with van der Waals surface area (Å²) in [4.78, 5) is 16.2. The van der Waals surface area contributed by atoms with Crippen LogP contribution in [0.25, 0.3) is 5.82 Å². The number of rotatable bonds is 3. The predicted molar refractivity (Wildman–Crippen MR) is 79.5 cm³/mol. The first kappa shape index (κ1) is 14.0. The summed E-state index contributed by atoms with van der Waals surface area (Å²) < 4.78 is 7.73. The first-order chi connectivity index (χ1) is 9.04. The van der Waals surface area contributed by atoms with E-state index in [1.807, 2.05) is 26.0 Å². The van der Waals surface area contributed by atoms with Crippen molar-refractivity contribution in [3.8, 4) is 5.82 Å². The molecule has 0 saturated heterocycles. The van der Waals surface area contributed by atoms with Crippen molar-refractivity contribution >= 4 is 28.6 Å². The Labute approximate surface area is 125 Å². The second-order valence-electron chi connectivity index (χ2n) is 4.01. The maximum atomic E-state index is 11.7. The van der Waals surface area contributed by atoms with E-state index in [0.29, 0.717) is 18.0 Å². The van der Waals surface area contributed by atoms with Gasteiger partial charge in [0.15, 0.2) is 5.82 Å². The Balaban J connectivity index is 2.41. The normalized spacial score (nSPS) is 10.5. The topological polar surface area (TPSA) is 57.0 Å². The van der Waals surface area contributed by atoms with Gasteiger partial charge >= 0.3 is 5.97 Å². The molecular formula is C13H14IN3O2. The third-order valence-electron chi connectivity index (χ3n) is 2.73. The number of carbonyl (C=O) groups is 1. The number of hydrogen-bond acceptors (Lipinski definition) is 4. The van der Waals surface area contributed by atoms with Gasteiger partial charge in [0, 0.05) is 3.57 Å². The Morgan fingerprint density at radius 2 is 2.16 bits per heavy atom. The zero-order valence-electron chi connectivity index (χ0n) is 11.0. The van der Waals surface area contributed by atoms with Crippen LogP contribution in [-0.4, -0.2) is 27.3 Å². The van der Waals surface area contributed by atoms with Crippen LogP contribution in [0, 0.1) is 17.4 Å². The molecule has 2 heterocycles. The van der Waals surface area contributed by atoms with Crippen LogP contribution >= 0.6 is 22.6 Å². The SMILES string of the molecule is CCOC(=O)c1cnn(-c2ccc(I)c(C)n2)c1C. The van der Waals surface area contributed by atoms with E-state index in [2.05, 4.69) is 32.7 Å². The van der Waals surface area contributed by atoms with E-state index in [-0.39, 0.29) is 5.97 Å². The largest absolute Gasteiger partial charge is 0.462 e. The lowest BCUT2D eigenvalue weighted by Crippen LogP contribution is -2.08. The van der Waals surface area contributed by atoms with Gasteiger partial charge in [-0.1, -0.05) is 0 Å². The summed E-state index contributed by atoms with van der Waals surface area (Å²) in [6.07, 6.45) is 1.52. The second-order valence-corrected chi connectivity index (χ2v) is 5.17. The minimum atomic E-state index is -0.353. The number of nitrogens with zero attached hydrogens (tertiary/aromatic N) is 3. The molecule has 0 amide bonds. The molecule has 0 aromatic carbocycles. The molecule has 2 rings (SSSR count). The Hall–Kier alpha value is -1.44. The number of hydrogen-bond donors (Lipinski definition) is 0. The number of pyridine rings is 1. The smallest absolute Gasteiger partial charge is 0.341 e. The molecule has 0 aliphatic rings. The molecule has 0 atom stereocenters. The fraction of sp³-hybridized carbons (Fsp3) is 0.308. The minimum Gasteiger partial charge on any atom is -0.462 e. The van der Waals surface area contributed by atoms with Gasteiger partial charge in [-0.3, -0.25) is 0 Å². The average molecular weight is 371 g/mol. The first-order valence-corrected chi connectivity index (χ1v) is 6.97. The van der Waals surface area contributed by atoms with E-state index in [0.717, 1.165) is 15.0 Å². The van der Waals surface area contributed by atoms with Crippen molar-refractivity contribution in [1.82, 2.24) is 14.8 Å². The minimum absolute atomic E-state index is 0.352. The molecule has 100 valence electrons. The highest BCUT2D eigenvalue weighted by atomic mass is 127. The lowest BCUT2D eigenvalue weighted by Gasteiger charge is -2.06. The number of ether oxygens (including phenoxy) is 1. The standard InChI is InChI=1S/C13H14IN3O2/c1-4-19-13(18)10-7-15-17(9(10)3)12-6-5-11(14)8(2)16-12/h5-7H,4H2,1-3H3. The molecule has 6 heteroatoms. The van der Waals surface area contributed by atoms with E-state index in [1.165, 1.54) is 6.20 Å². The van der Waals surface area contributed by atoms with Gasteiger partial charge in [-0.05, 0) is 55.5 Å². The molecule has 0 fully saturated rings. The number of aromatic nitrogens is 3. The van der Waals surface area contributed by atoms with Crippen LogP contribution in [0.1, 0.15) is 28.7 Å². The summed E-state index contributed by atoms with van der Waals surface area (Å²) in [5.41, 5.74) is 2.14. The third-order valence-corrected chi connectivity index (χ3v) is 3.87. The molecule has 0 spiro atoms. The second kappa shape index (κ2) is 5.68. The van der Waals surface area contributed by atoms with Gasteiger partial charge in [0.2, 0.25) is 0 Å². The molecule has 2 aromatic rings. The van der Waals surface area contributed by atoms with Gasteiger partial charge in [-0.25, -0.2) is 14.5 Å². The Kier molecular flexibility index (Phi) is 4.18. The summed E-state index contributed by atoms with van der Waals surface area (Å²) in [7, 11) is 0. The van der Waals surface area contributed by atoms with Crippen LogP contribution in [0.4, 0.5) is 0 Å². The Morgan fingerprint density at radius 3 is 2.79 bits per heavy atom. The van der Waals surface area contributed by atoms with E-state index < -0.39 is 0 Å². The van der Waals surface area contributed by atoms with Crippen molar-refractivity contribution in [2.75, 3.05) is 6.61 Å². The van der Waals surface area contributed by atoms with Gasteiger partial charge in [-0.2, -0.15) is 5.10 Å². The number of carbonyl (C=O) groups excluding carboxylic acids is 1. The van der Waals surface area contributed by atoms with E-state index in [1.54, 1.807) is 11.6 Å². The highest BCUT2D eigenvalue weighted by Gasteiger charge is 2.16. The molecule has 19 heavy (non-hydrogen) atoms. The van der Waals surface area contributed by atoms with Crippen molar-refractivity contribution in [3.05, 3.63) is 38.9 Å². The molecule has 0 bridgehead atoms. The zero-order chi connectivity index (χ0) is 14.0. The van der Waals surface area contributed by atoms with Crippen LogP contribution < -0.4 is 0 Å². The van der Waals surface area contributed by atoms with Crippen molar-refractivity contribution in [3.63, 3.8) is 0 Å². The van der Waals surface area contributed by atoms with Gasteiger partial charge in [-0.15, -0.1) is 0 Å². The molecule has 2 aromatic heterocycles. The zero-order valence-corrected chi connectivity index (χ0v) is 13.1. The number of aryl methyl sites for hydroxylation is 1. The summed E-state index contributed by atoms with van der Waals surface area (Å²) in [6, 6.07) is 3.85. The van der Waals surface area contributed by atoms with Crippen LogP contribution in [0.15, 0.2) is 18.3 Å². The monoisotopic (exact) mass is 371 g/mol. The van der Waals surface area contributed by atoms with Crippen molar-refractivity contribution in [2.45, 2.75) is 20.8 Å². The molecule has 0 unspecified atom stereocenters. The van der Waals surface area contributed by atoms with E-state index in [9.17, 15) is 4.79 Å². The molecule has 0 saturated carbocycles. The van der Waals surface area contributed by atoms with Crippen molar-refractivity contribution in [2.24, 2.45) is 0 Å². The highest BCUT2D eigenvalue weighted by Crippen LogP contribution is 2.16. The van der Waals surface area contributed by atoms with Crippen LogP contribution in [0.5, 0.6) is 0 Å². The fourth-order valence-corrected chi connectivity index (χ4v) is 2.00. The summed E-state index contributed by atoms with van der Waals surface area (Å²) >= 11 is 2.23. The lowest BCUT2D eigenvalue weighted by molar-refractivity contribution is 0.0525. The number of halogens is 1. The average Bonchev–Trinajstić information content (AvgIpc) is 2.75. The molecule has 5 nitrogen and oxygen atoms in total. The predicted octanol–water partition coefficient (Wildman–Crippen LogP) is 2.67. The summed E-state index contributed by atoms with van der Waals surface area (Å²) in [5, 5.41) is 4.21. The Bertz CT molecular complexity index is 622. The Morgan fingerprint density at radius 1 is 1.42 bits per heavy atom. The van der Waals surface area contributed by atoms with Gasteiger partial charge in [0.1, 0.15) is 5.56 Å². The summed E-state index contributed by atoms with van der Waals surface area (Å²) in [5.74, 6) is 0.347. The molecule has 0 radical (unpaired) electrons. The van der Waals surface area contributed by atoms with E-state index in [4.69, 9.17) is 4.74 Å². The van der Waals surface area contributed by atoms with Crippen LogP contribution in [0.2, 0.25) is 0 Å². The molecule has 0 aliphatic heterocycles. The highest BCUT2D eigenvalue weighted by molar-refractivity contribution is 14.1. The molecule has 0 N–H and O–H groups in total. The van der Waals surface area contributed by atoms with E-state index >= 15 is 0 Å². The van der Waals surface area contributed by atoms with Crippen LogP contribution in [-0.2, 0) is 4.74 Å². The van der Waals surface area contributed by atoms with Crippen molar-refractivity contribution in [1.29, 1.82) is 0 Å². The summed E-state index contributed by atoms with van der Waals surface area (Å²) in [6.45, 7) is 5.90. The van der Waals surface area contributed by atoms with Crippen molar-refractivity contribution < 1.29 is 9.53 Å². The van der Waals surface area contributed by atoms with Gasteiger partial charge in [0.25, 0.3) is 0 Å². The molecule has 0 aliphatic carbocycles. The molecular weight excluding hydrogens is 357 g/mol. The maximum Gasteiger partial charge on any atom is 0.341 e. The van der Waals surface area contributed by atoms with Gasteiger partial charge in [0.05, 0.1) is 24.2 Å². The third kappa shape index (κ3) is 2.78. The first-order valence-electron chi connectivity index (χ1n) is 5.89. The number of esters is 1. The van der Waals surface area contributed by atoms with Gasteiger partial charge < -0.3 is 4.74 Å². The van der Waals surface area contributed by atoms with Crippen LogP contribution in [0.3, 0.4) is 0 Å². The lowest BCUT2D eigenvalue weighted by atomic mass is 10.2. The fourth-order valence-electron chi connectivity index (χ4n) is 1.70. The quantitative estimate of drug-likeness (QED) is 0.615. The maximum absolute atomic E-state index is 11.7.